The SMILES string of the molecule is CCCNC(=O)[C@@H]1[C@H]2C(=O)N(CCCCO)C(C(=O)NC3CCCCC3)C23CC[C@H]1S3. The Bertz CT molecular complexity index is 698. The van der Waals surface area contributed by atoms with E-state index in [2.05, 4.69) is 10.6 Å². The number of thioether (sulfide) groups is 1. The first-order chi connectivity index (χ1) is 15.0. The number of likely N-dealkylation sites (tertiary alicyclic amines) is 1. The van der Waals surface area contributed by atoms with Gasteiger partial charge in [0, 0.05) is 31.0 Å². The number of carbonyl (C=O) groups is 3. The van der Waals surface area contributed by atoms with Gasteiger partial charge in [0.2, 0.25) is 17.7 Å². The average molecular weight is 452 g/mol. The van der Waals surface area contributed by atoms with E-state index in [0.717, 1.165) is 44.9 Å². The largest absolute Gasteiger partial charge is 0.396 e. The molecule has 31 heavy (non-hydrogen) atoms. The molecular weight excluding hydrogens is 414 g/mol. The lowest BCUT2D eigenvalue weighted by molar-refractivity contribution is -0.140. The van der Waals surface area contributed by atoms with Crippen LogP contribution >= 0.6 is 11.8 Å². The minimum Gasteiger partial charge on any atom is -0.396 e. The Morgan fingerprint density at radius 1 is 1.16 bits per heavy atom. The lowest BCUT2D eigenvalue weighted by atomic mass is 9.70. The zero-order valence-corrected chi connectivity index (χ0v) is 19.4. The average Bonchev–Trinajstić information content (AvgIpc) is 3.40. The highest BCUT2D eigenvalue weighted by Crippen LogP contribution is 2.66. The standard InChI is InChI=1S/C23H37N3O4S/c1-2-12-24-20(28)17-16-10-11-23(31-16)18(17)22(30)26(13-6-7-14-27)19(23)21(29)25-15-8-4-3-5-9-15/h15-19,27H,2-14H2,1H3,(H,24,28)(H,25,29)/t16-,17+,18+,19?,23?/m1/s1. The van der Waals surface area contributed by atoms with E-state index in [1.807, 2.05) is 6.92 Å². The van der Waals surface area contributed by atoms with Crippen LogP contribution in [-0.4, -0.2) is 69.5 Å². The summed E-state index contributed by atoms with van der Waals surface area (Å²) in [5.41, 5.74) is 0. The topological polar surface area (TPSA) is 98.7 Å². The maximum Gasteiger partial charge on any atom is 0.244 e. The highest BCUT2D eigenvalue weighted by Gasteiger charge is 2.73. The van der Waals surface area contributed by atoms with Crippen molar-refractivity contribution in [2.45, 2.75) is 93.2 Å². The molecule has 4 fully saturated rings. The summed E-state index contributed by atoms with van der Waals surface area (Å²) in [6.45, 7) is 3.18. The van der Waals surface area contributed by atoms with Gasteiger partial charge in [0.1, 0.15) is 6.04 Å². The molecule has 7 nitrogen and oxygen atoms in total. The molecule has 2 unspecified atom stereocenters. The Labute approximate surface area is 189 Å². The van der Waals surface area contributed by atoms with Crippen LogP contribution in [0, 0.1) is 11.8 Å². The van der Waals surface area contributed by atoms with Crippen molar-refractivity contribution in [2.24, 2.45) is 11.8 Å². The highest BCUT2D eigenvalue weighted by molar-refractivity contribution is 8.02. The molecule has 0 aromatic heterocycles. The lowest BCUT2D eigenvalue weighted by Crippen LogP contribution is -2.55. The van der Waals surface area contributed by atoms with Gasteiger partial charge in [-0.3, -0.25) is 14.4 Å². The van der Waals surface area contributed by atoms with Gasteiger partial charge in [-0.2, -0.15) is 0 Å². The number of fused-ring (bicyclic) bond motifs is 1. The molecule has 3 saturated heterocycles. The van der Waals surface area contributed by atoms with Crippen LogP contribution in [0.25, 0.3) is 0 Å². The number of aliphatic hydroxyl groups excluding tert-OH is 1. The number of unbranched alkanes of at least 4 members (excludes halogenated alkanes) is 1. The first-order valence-electron chi connectivity index (χ1n) is 12.2. The molecule has 4 rings (SSSR count). The molecule has 5 atom stereocenters. The Balaban J connectivity index is 1.59. The number of nitrogens with zero attached hydrogens (tertiary/aromatic N) is 1. The van der Waals surface area contributed by atoms with Crippen LogP contribution in [0.3, 0.4) is 0 Å². The van der Waals surface area contributed by atoms with E-state index in [4.69, 9.17) is 0 Å². The molecule has 3 amide bonds. The molecule has 0 aromatic rings. The van der Waals surface area contributed by atoms with Crippen molar-refractivity contribution in [1.29, 1.82) is 0 Å². The molecule has 174 valence electrons. The molecule has 3 aliphatic heterocycles. The van der Waals surface area contributed by atoms with Crippen molar-refractivity contribution < 1.29 is 19.5 Å². The van der Waals surface area contributed by atoms with Gasteiger partial charge in [0.15, 0.2) is 0 Å². The summed E-state index contributed by atoms with van der Waals surface area (Å²) < 4.78 is -0.492. The number of hydrogen-bond acceptors (Lipinski definition) is 5. The number of amides is 3. The molecule has 3 N–H and O–H groups in total. The number of rotatable bonds is 9. The third-order valence-electron chi connectivity index (χ3n) is 7.66. The van der Waals surface area contributed by atoms with Gasteiger partial charge in [-0.25, -0.2) is 0 Å². The second-order valence-corrected chi connectivity index (χ2v) is 11.3. The molecule has 1 aliphatic carbocycles. The third kappa shape index (κ3) is 4.10. The van der Waals surface area contributed by atoms with E-state index in [1.165, 1.54) is 6.42 Å². The molecule has 0 radical (unpaired) electrons. The number of carbonyl (C=O) groups excluding carboxylic acids is 3. The summed E-state index contributed by atoms with van der Waals surface area (Å²) in [5.74, 6) is -0.847. The van der Waals surface area contributed by atoms with Gasteiger partial charge >= 0.3 is 0 Å². The number of nitrogens with one attached hydrogen (secondary N) is 2. The van der Waals surface area contributed by atoms with Crippen molar-refractivity contribution in [3.05, 3.63) is 0 Å². The normalized spacial score (nSPS) is 34.8. The molecule has 1 saturated carbocycles. The lowest BCUT2D eigenvalue weighted by Gasteiger charge is -2.35. The van der Waals surface area contributed by atoms with Gasteiger partial charge < -0.3 is 20.6 Å². The fraction of sp³-hybridized carbons (Fsp3) is 0.870. The van der Waals surface area contributed by atoms with Crippen LogP contribution in [0.1, 0.15) is 71.1 Å². The summed E-state index contributed by atoms with van der Waals surface area (Å²) in [4.78, 5) is 42.0. The zero-order valence-electron chi connectivity index (χ0n) is 18.6. The van der Waals surface area contributed by atoms with Gasteiger partial charge in [-0.05, 0) is 44.9 Å². The first-order valence-corrected chi connectivity index (χ1v) is 13.1. The fourth-order valence-electron chi connectivity index (χ4n) is 6.28. The Kier molecular flexibility index (Phi) is 7.16. The van der Waals surface area contributed by atoms with Crippen molar-refractivity contribution in [1.82, 2.24) is 15.5 Å². The smallest absolute Gasteiger partial charge is 0.244 e. The molecule has 8 heteroatoms. The van der Waals surface area contributed by atoms with Crippen molar-refractivity contribution in [2.75, 3.05) is 19.7 Å². The van der Waals surface area contributed by atoms with Crippen molar-refractivity contribution >= 4 is 29.5 Å². The predicted molar refractivity (Wildman–Crippen MR) is 120 cm³/mol. The van der Waals surface area contributed by atoms with Crippen LogP contribution in [0.2, 0.25) is 0 Å². The summed E-state index contributed by atoms with van der Waals surface area (Å²) in [5, 5.41) is 15.6. The van der Waals surface area contributed by atoms with Gasteiger partial charge in [-0.15, -0.1) is 11.8 Å². The second kappa shape index (κ2) is 9.69. The van der Waals surface area contributed by atoms with E-state index in [0.29, 0.717) is 25.9 Å². The molecule has 3 heterocycles. The monoisotopic (exact) mass is 451 g/mol. The summed E-state index contributed by atoms with van der Waals surface area (Å²) in [6.07, 6.45) is 9.34. The highest BCUT2D eigenvalue weighted by atomic mass is 32.2. The van der Waals surface area contributed by atoms with E-state index in [-0.39, 0.29) is 41.5 Å². The van der Waals surface area contributed by atoms with Crippen molar-refractivity contribution in [3.63, 3.8) is 0 Å². The number of hydrogen-bond donors (Lipinski definition) is 3. The fourth-order valence-corrected chi connectivity index (χ4v) is 8.50. The Hall–Kier alpha value is -1.28. The molecular formula is C23H37N3O4S. The van der Waals surface area contributed by atoms with E-state index in [1.54, 1.807) is 16.7 Å². The van der Waals surface area contributed by atoms with E-state index >= 15 is 0 Å². The first kappa shape index (κ1) is 22.9. The predicted octanol–water partition coefficient (Wildman–Crippen LogP) is 1.83. The minimum atomic E-state index is -0.510. The van der Waals surface area contributed by atoms with Gasteiger partial charge in [0.25, 0.3) is 0 Å². The Morgan fingerprint density at radius 3 is 2.65 bits per heavy atom. The molecule has 0 aromatic carbocycles. The van der Waals surface area contributed by atoms with E-state index in [9.17, 15) is 19.5 Å². The van der Waals surface area contributed by atoms with Crippen LogP contribution in [0.5, 0.6) is 0 Å². The zero-order chi connectivity index (χ0) is 22.0. The number of aliphatic hydroxyl groups is 1. The van der Waals surface area contributed by atoms with Crippen molar-refractivity contribution in [3.8, 4) is 0 Å². The van der Waals surface area contributed by atoms with E-state index < -0.39 is 16.7 Å². The van der Waals surface area contributed by atoms with Crippen LogP contribution in [-0.2, 0) is 14.4 Å². The minimum absolute atomic E-state index is 0.0251. The molecule has 1 spiro atoms. The summed E-state index contributed by atoms with van der Waals surface area (Å²) >= 11 is 1.73. The summed E-state index contributed by atoms with van der Waals surface area (Å²) in [6, 6.07) is -0.317. The maximum absolute atomic E-state index is 13.7. The molecule has 2 bridgehead atoms. The van der Waals surface area contributed by atoms with Gasteiger partial charge in [0.05, 0.1) is 16.6 Å². The Morgan fingerprint density at radius 2 is 1.94 bits per heavy atom. The van der Waals surface area contributed by atoms with Gasteiger partial charge in [-0.1, -0.05) is 26.2 Å². The van der Waals surface area contributed by atoms with Crippen LogP contribution < -0.4 is 10.6 Å². The third-order valence-corrected chi connectivity index (χ3v) is 9.61. The summed E-state index contributed by atoms with van der Waals surface area (Å²) in [7, 11) is 0. The maximum atomic E-state index is 13.7. The quantitative estimate of drug-likeness (QED) is 0.465. The van der Waals surface area contributed by atoms with Crippen LogP contribution in [0.4, 0.5) is 0 Å². The second-order valence-electron chi connectivity index (χ2n) is 9.65. The molecule has 4 aliphatic rings. The van der Waals surface area contributed by atoms with Crippen LogP contribution in [0.15, 0.2) is 0 Å².